The zero-order chi connectivity index (χ0) is 10.7. The van der Waals surface area contributed by atoms with Crippen molar-refractivity contribution in [2.75, 3.05) is 5.73 Å². The van der Waals surface area contributed by atoms with Crippen molar-refractivity contribution in [3.63, 3.8) is 0 Å². The summed E-state index contributed by atoms with van der Waals surface area (Å²) in [6.07, 6.45) is 9.95. The Labute approximate surface area is 90.9 Å². The summed E-state index contributed by atoms with van der Waals surface area (Å²) >= 11 is 0. The van der Waals surface area contributed by atoms with Crippen LogP contribution in [0.15, 0.2) is 18.5 Å². The Morgan fingerprint density at radius 1 is 1.27 bits per heavy atom. The Hall–Kier alpha value is -1.09. The molecule has 0 aliphatic heterocycles. The summed E-state index contributed by atoms with van der Waals surface area (Å²) in [5.41, 5.74) is 14.0. The second-order valence-electron chi connectivity index (χ2n) is 4.43. The average molecular weight is 205 g/mol. The third-order valence-corrected chi connectivity index (χ3v) is 3.40. The lowest BCUT2D eigenvalue weighted by atomic mass is 9.81. The van der Waals surface area contributed by atoms with Crippen LogP contribution in [0.1, 0.15) is 43.7 Å². The fraction of sp³-hybridized carbons (Fsp3) is 0.583. The third-order valence-electron chi connectivity index (χ3n) is 3.40. The van der Waals surface area contributed by atoms with Gasteiger partial charge in [0.1, 0.15) is 0 Å². The Bertz CT molecular complexity index is 318. The van der Waals surface area contributed by atoms with Crippen LogP contribution in [0.5, 0.6) is 0 Å². The van der Waals surface area contributed by atoms with E-state index < -0.39 is 0 Å². The van der Waals surface area contributed by atoms with Crippen LogP contribution in [0.25, 0.3) is 0 Å². The number of nitrogens with zero attached hydrogens (tertiary/aromatic N) is 1. The SMILES string of the molecule is Nc1ccncc1C(N)C1CCCCC1. The molecule has 1 saturated carbocycles. The molecule has 0 spiro atoms. The van der Waals surface area contributed by atoms with Crippen molar-refractivity contribution in [3.05, 3.63) is 24.0 Å². The first-order valence-electron chi connectivity index (χ1n) is 5.74. The van der Waals surface area contributed by atoms with E-state index in [4.69, 9.17) is 11.5 Å². The fourth-order valence-electron chi connectivity index (χ4n) is 2.44. The largest absolute Gasteiger partial charge is 0.398 e. The number of hydrogen-bond donors (Lipinski definition) is 2. The molecule has 0 radical (unpaired) electrons. The Morgan fingerprint density at radius 2 is 2.00 bits per heavy atom. The molecule has 0 amide bonds. The molecule has 3 nitrogen and oxygen atoms in total. The van der Waals surface area contributed by atoms with Crippen LogP contribution >= 0.6 is 0 Å². The lowest BCUT2D eigenvalue weighted by molar-refractivity contribution is 0.308. The molecule has 1 unspecified atom stereocenters. The van der Waals surface area contributed by atoms with E-state index in [2.05, 4.69) is 4.98 Å². The molecule has 1 aromatic rings. The van der Waals surface area contributed by atoms with Crippen LogP contribution in [-0.2, 0) is 0 Å². The highest BCUT2D eigenvalue weighted by Gasteiger charge is 2.23. The molecule has 1 atom stereocenters. The van der Waals surface area contributed by atoms with Crippen LogP contribution in [0.3, 0.4) is 0 Å². The first kappa shape index (κ1) is 10.4. The Balaban J connectivity index is 2.12. The second kappa shape index (κ2) is 4.62. The maximum atomic E-state index is 6.25. The van der Waals surface area contributed by atoms with E-state index in [9.17, 15) is 0 Å². The molecule has 1 aromatic heterocycles. The number of nitrogen functional groups attached to an aromatic ring is 1. The van der Waals surface area contributed by atoms with Crippen LogP contribution in [0, 0.1) is 5.92 Å². The molecule has 1 aliphatic rings. The smallest absolute Gasteiger partial charge is 0.0393 e. The molecular weight excluding hydrogens is 186 g/mol. The molecule has 1 fully saturated rings. The first-order chi connectivity index (χ1) is 7.29. The molecule has 2 rings (SSSR count). The van der Waals surface area contributed by atoms with Gasteiger partial charge in [-0.1, -0.05) is 19.3 Å². The van der Waals surface area contributed by atoms with E-state index in [1.54, 1.807) is 6.20 Å². The predicted octanol–water partition coefficient (Wildman–Crippen LogP) is 2.24. The molecule has 0 saturated heterocycles. The Morgan fingerprint density at radius 3 is 2.67 bits per heavy atom. The van der Waals surface area contributed by atoms with Crippen molar-refractivity contribution in [3.8, 4) is 0 Å². The van der Waals surface area contributed by atoms with Gasteiger partial charge in [-0.15, -0.1) is 0 Å². The number of aromatic nitrogens is 1. The van der Waals surface area contributed by atoms with Crippen LogP contribution in [0.4, 0.5) is 5.69 Å². The first-order valence-corrected chi connectivity index (χ1v) is 5.74. The minimum Gasteiger partial charge on any atom is -0.398 e. The van der Waals surface area contributed by atoms with Gasteiger partial charge in [0, 0.05) is 29.7 Å². The van der Waals surface area contributed by atoms with Crippen LogP contribution < -0.4 is 11.5 Å². The van der Waals surface area contributed by atoms with E-state index in [-0.39, 0.29) is 6.04 Å². The molecule has 1 heterocycles. The lowest BCUT2D eigenvalue weighted by Crippen LogP contribution is -2.24. The predicted molar refractivity (Wildman–Crippen MR) is 62.2 cm³/mol. The molecule has 15 heavy (non-hydrogen) atoms. The van der Waals surface area contributed by atoms with E-state index >= 15 is 0 Å². The molecule has 0 bridgehead atoms. The van der Waals surface area contributed by atoms with Gasteiger partial charge in [0.15, 0.2) is 0 Å². The normalized spacial score (nSPS) is 20.1. The number of pyridine rings is 1. The number of rotatable bonds is 2. The molecule has 0 aromatic carbocycles. The summed E-state index contributed by atoms with van der Waals surface area (Å²) in [4.78, 5) is 4.10. The van der Waals surface area contributed by atoms with E-state index in [1.165, 1.54) is 32.1 Å². The topological polar surface area (TPSA) is 64.9 Å². The van der Waals surface area contributed by atoms with Crippen molar-refractivity contribution < 1.29 is 0 Å². The van der Waals surface area contributed by atoms with E-state index in [0.717, 1.165) is 11.3 Å². The third kappa shape index (κ3) is 2.29. The summed E-state index contributed by atoms with van der Waals surface area (Å²) in [5, 5.41) is 0. The molecular formula is C12H19N3. The van der Waals surface area contributed by atoms with Crippen molar-refractivity contribution in [2.45, 2.75) is 38.1 Å². The molecule has 3 heteroatoms. The van der Waals surface area contributed by atoms with Crippen molar-refractivity contribution >= 4 is 5.69 Å². The van der Waals surface area contributed by atoms with Gasteiger partial charge in [-0.05, 0) is 24.8 Å². The minimum atomic E-state index is 0.0685. The average Bonchev–Trinajstić information content (AvgIpc) is 2.30. The van der Waals surface area contributed by atoms with Gasteiger partial charge in [-0.25, -0.2) is 0 Å². The number of hydrogen-bond acceptors (Lipinski definition) is 3. The lowest BCUT2D eigenvalue weighted by Gasteiger charge is -2.28. The van der Waals surface area contributed by atoms with Gasteiger partial charge in [0.05, 0.1) is 0 Å². The fourth-order valence-corrected chi connectivity index (χ4v) is 2.44. The van der Waals surface area contributed by atoms with E-state index in [0.29, 0.717) is 5.92 Å². The van der Waals surface area contributed by atoms with Gasteiger partial charge < -0.3 is 11.5 Å². The van der Waals surface area contributed by atoms with Crippen molar-refractivity contribution in [1.29, 1.82) is 0 Å². The van der Waals surface area contributed by atoms with Gasteiger partial charge in [0.2, 0.25) is 0 Å². The van der Waals surface area contributed by atoms with Gasteiger partial charge in [0.25, 0.3) is 0 Å². The maximum Gasteiger partial charge on any atom is 0.0393 e. The van der Waals surface area contributed by atoms with Gasteiger partial charge in [-0.2, -0.15) is 0 Å². The summed E-state index contributed by atoms with van der Waals surface area (Å²) in [5.74, 6) is 0.588. The highest BCUT2D eigenvalue weighted by molar-refractivity contribution is 5.46. The van der Waals surface area contributed by atoms with Crippen molar-refractivity contribution in [2.24, 2.45) is 11.7 Å². The zero-order valence-electron chi connectivity index (χ0n) is 9.02. The zero-order valence-corrected chi connectivity index (χ0v) is 9.02. The Kier molecular flexibility index (Phi) is 3.21. The molecule has 4 N–H and O–H groups in total. The highest BCUT2D eigenvalue weighted by Crippen LogP contribution is 2.34. The number of anilines is 1. The van der Waals surface area contributed by atoms with Crippen molar-refractivity contribution in [1.82, 2.24) is 4.98 Å². The second-order valence-corrected chi connectivity index (χ2v) is 4.43. The molecule has 82 valence electrons. The summed E-state index contributed by atoms with van der Waals surface area (Å²) in [6.45, 7) is 0. The maximum absolute atomic E-state index is 6.25. The highest BCUT2D eigenvalue weighted by atomic mass is 14.7. The summed E-state index contributed by atoms with van der Waals surface area (Å²) in [7, 11) is 0. The number of nitrogens with two attached hydrogens (primary N) is 2. The molecule has 1 aliphatic carbocycles. The van der Waals surface area contributed by atoms with E-state index in [1.807, 2.05) is 12.3 Å². The summed E-state index contributed by atoms with van der Waals surface area (Å²) < 4.78 is 0. The van der Waals surface area contributed by atoms with Gasteiger partial charge >= 0.3 is 0 Å². The van der Waals surface area contributed by atoms with Crippen LogP contribution in [-0.4, -0.2) is 4.98 Å². The standard InChI is InChI=1S/C12H19N3/c13-11-6-7-15-8-10(11)12(14)9-4-2-1-3-5-9/h6-9,12H,1-5,14H2,(H2,13,15). The minimum absolute atomic E-state index is 0.0685. The quantitative estimate of drug-likeness (QED) is 0.778. The van der Waals surface area contributed by atoms with Crippen LogP contribution in [0.2, 0.25) is 0 Å². The van der Waals surface area contributed by atoms with Gasteiger partial charge in [-0.3, -0.25) is 4.98 Å². The summed E-state index contributed by atoms with van der Waals surface area (Å²) in [6, 6.07) is 1.90. The monoisotopic (exact) mass is 205 g/mol.